The number of rotatable bonds is 6. The second-order valence-electron chi connectivity index (χ2n) is 10.6. The lowest BCUT2D eigenvalue weighted by Crippen LogP contribution is -2.60. The summed E-state index contributed by atoms with van der Waals surface area (Å²) < 4.78 is 0. The normalized spacial score (nSPS) is 21.1. The zero-order chi connectivity index (χ0) is 20.6. The van der Waals surface area contributed by atoms with E-state index in [1.165, 1.54) is 11.6 Å². The summed E-state index contributed by atoms with van der Waals surface area (Å²) in [6.45, 7) is 20.7. The fourth-order valence-electron chi connectivity index (χ4n) is 5.56. The minimum Gasteiger partial charge on any atom is -0.332 e. The maximum absolute atomic E-state index is 13.4. The maximum atomic E-state index is 13.4. The summed E-state index contributed by atoms with van der Waals surface area (Å²) in [5, 5.41) is 0. The maximum Gasteiger partial charge on any atom is 0.228 e. The largest absolute Gasteiger partial charge is 0.332 e. The van der Waals surface area contributed by atoms with Crippen LogP contribution >= 0.6 is 0 Å². The topological polar surface area (TPSA) is 20.3 Å². The molecule has 152 valence electrons. The monoisotopic (exact) mass is 387 g/mol. The van der Waals surface area contributed by atoms with Gasteiger partial charge in [-0.05, 0) is 18.0 Å². The molecular formula is C24H41NOSi. The summed E-state index contributed by atoms with van der Waals surface area (Å²) in [5.74, 6) is 0.312. The Morgan fingerprint density at radius 2 is 1.48 bits per heavy atom. The van der Waals surface area contributed by atoms with Crippen LogP contribution in [-0.4, -0.2) is 24.9 Å². The molecule has 1 saturated heterocycles. The predicted octanol–water partition coefficient (Wildman–Crippen LogP) is 7.05. The highest BCUT2D eigenvalue weighted by Crippen LogP contribution is 2.51. The van der Waals surface area contributed by atoms with Gasteiger partial charge in [0.25, 0.3) is 0 Å². The molecule has 0 saturated carbocycles. The van der Waals surface area contributed by atoms with Gasteiger partial charge in [-0.3, -0.25) is 4.79 Å². The van der Waals surface area contributed by atoms with Crippen LogP contribution in [0.2, 0.25) is 22.7 Å². The van der Waals surface area contributed by atoms with Gasteiger partial charge >= 0.3 is 0 Å². The number of hydrogen-bond donors (Lipinski definition) is 0. The van der Waals surface area contributed by atoms with Crippen LogP contribution in [0.15, 0.2) is 30.3 Å². The molecule has 1 amide bonds. The van der Waals surface area contributed by atoms with Crippen LogP contribution < -0.4 is 0 Å². The Balaban J connectivity index is 2.36. The van der Waals surface area contributed by atoms with Crippen molar-refractivity contribution in [1.82, 2.24) is 4.90 Å². The van der Waals surface area contributed by atoms with Crippen molar-refractivity contribution in [1.29, 1.82) is 0 Å². The van der Waals surface area contributed by atoms with E-state index in [0.717, 1.165) is 23.0 Å². The number of carbonyl (C=O) groups excluding carboxylic acids is 1. The molecule has 27 heavy (non-hydrogen) atoms. The van der Waals surface area contributed by atoms with Crippen LogP contribution in [0.5, 0.6) is 0 Å². The number of carbonyl (C=O) groups is 1. The molecule has 1 aliphatic heterocycles. The van der Waals surface area contributed by atoms with Gasteiger partial charge in [0.15, 0.2) is 0 Å². The number of benzene rings is 1. The first-order chi connectivity index (χ1) is 12.4. The van der Waals surface area contributed by atoms with Crippen LogP contribution in [-0.2, 0) is 4.79 Å². The second kappa shape index (κ2) is 8.11. The standard InChI is InChI=1S/C24H41NOSi/c1-17(2)27(18(3)4,19(5)6)16-21-15-22(20-13-11-10-12-14-20)25(21)23(26)24(7,8)9/h10-14,17-19,21-22H,15-16H2,1-9H3/t21-,22+/m0/s1. The smallest absolute Gasteiger partial charge is 0.228 e. The van der Waals surface area contributed by atoms with Gasteiger partial charge in [0.1, 0.15) is 0 Å². The zero-order valence-corrected chi connectivity index (χ0v) is 20.0. The van der Waals surface area contributed by atoms with Crippen molar-refractivity contribution in [2.24, 2.45) is 5.41 Å². The summed E-state index contributed by atoms with van der Waals surface area (Å²) in [5.41, 5.74) is 3.17. The quantitative estimate of drug-likeness (QED) is 0.479. The molecule has 0 aliphatic carbocycles. The molecule has 1 aliphatic rings. The first-order valence-electron chi connectivity index (χ1n) is 10.8. The van der Waals surface area contributed by atoms with E-state index < -0.39 is 8.07 Å². The van der Waals surface area contributed by atoms with Gasteiger partial charge in [0.05, 0.1) is 14.1 Å². The van der Waals surface area contributed by atoms with Gasteiger partial charge in [-0.25, -0.2) is 0 Å². The van der Waals surface area contributed by atoms with E-state index >= 15 is 0 Å². The molecule has 0 aromatic heterocycles. The lowest BCUT2D eigenvalue weighted by molar-refractivity contribution is -0.153. The van der Waals surface area contributed by atoms with Crippen LogP contribution in [0, 0.1) is 5.41 Å². The Kier molecular flexibility index (Phi) is 6.66. The van der Waals surface area contributed by atoms with E-state index in [0.29, 0.717) is 11.9 Å². The van der Waals surface area contributed by atoms with Crippen molar-refractivity contribution >= 4 is 14.0 Å². The summed E-state index contributed by atoms with van der Waals surface area (Å²) in [4.78, 5) is 15.6. The number of hydrogen-bond acceptors (Lipinski definition) is 1. The molecule has 2 nitrogen and oxygen atoms in total. The second-order valence-corrected chi connectivity index (χ2v) is 16.7. The van der Waals surface area contributed by atoms with Gasteiger partial charge < -0.3 is 4.90 Å². The van der Waals surface area contributed by atoms with Gasteiger partial charge in [0.2, 0.25) is 5.91 Å². The van der Waals surface area contributed by atoms with Crippen LogP contribution in [0.1, 0.15) is 80.3 Å². The van der Waals surface area contributed by atoms with Crippen molar-refractivity contribution in [3.8, 4) is 0 Å². The minimum atomic E-state index is -1.53. The average Bonchev–Trinajstić information content (AvgIpc) is 2.53. The van der Waals surface area contributed by atoms with Crippen molar-refractivity contribution in [2.45, 2.75) is 103 Å². The molecule has 1 fully saturated rings. The van der Waals surface area contributed by atoms with Crippen molar-refractivity contribution in [3.63, 3.8) is 0 Å². The summed E-state index contributed by atoms with van der Waals surface area (Å²) in [7, 11) is -1.53. The van der Waals surface area contributed by atoms with E-state index in [9.17, 15) is 4.79 Å². The van der Waals surface area contributed by atoms with Gasteiger partial charge in [-0.1, -0.05) is 109 Å². The lowest BCUT2D eigenvalue weighted by Gasteiger charge is -2.56. The molecule has 2 rings (SSSR count). The zero-order valence-electron chi connectivity index (χ0n) is 19.0. The fraction of sp³-hybridized carbons (Fsp3) is 0.708. The molecule has 2 atom stereocenters. The third-order valence-corrected chi connectivity index (χ3v) is 14.7. The Bertz CT molecular complexity index is 608. The SMILES string of the molecule is CC(C)[Si](C[C@@H]1C[C@H](c2ccccc2)N1C(=O)C(C)(C)C)(C(C)C)C(C)C. The Morgan fingerprint density at radius 1 is 1.00 bits per heavy atom. The van der Waals surface area contributed by atoms with Gasteiger partial charge in [-0.2, -0.15) is 0 Å². The fourth-order valence-corrected chi connectivity index (χ4v) is 12.2. The molecule has 1 aromatic rings. The average molecular weight is 388 g/mol. The number of amides is 1. The summed E-state index contributed by atoms with van der Waals surface area (Å²) in [6.07, 6.45) is 1.12. The van der Waals surface area contributed by atoms with Crippen molar-refractivity contribution in [3.05, 3.63) is 35.9 Å². The molecule has 1 heterocycles. The van der Waals surface area contributed by atoms with Crippen LogP contribution in [0.4, 0.5) is 0 Å². The van der Waals surface area contributed by atoms with E-state index in [4.69, 9.17) is 0 Å². The Hall–Kier alpha value is -1.09. The summed E-state index contributed by atoms with van der Waals surface area (Å²) in [6, 6.07) is 12.5. The van der Waals surface area contributed by atoms with Crippen molar-refractivity contribution < 1.29 is 4.79 Å². The third kappa shape index (κ3) is 4.18. The highest BCUT2D eigenvalue weighted by molar-refractivity contribution is 6.83. The highest BCUT2D eigenvalue weighted by Gasteiger charge is 2.51. The van der Waals surface area contributed by atoms with E-state index in [1.807, 2.05) is 0 Å². The first kappa shape index (κ1) is 22.2. The van der Waals surface area contributed by atoms with Gasteiger partial charge in [0, 0.05) is 11.5 Å². The van der Waals surface area contributed by atoms with Crippen molar-refractivity contribution in [2.75, 3.05) is 0 Å². The molecule has 1 aromatic carbocycles. The van der Waals surface area contributed by atoms with E-state index in [1.54, 1.807) is 0 Å². The molecule has 0 unspecified atom stereocenters. The van der Waals surface area contributed by atoms with Gasteiger partial charge in [-0.15, -0.1) is 0 Å². The Morgan fingerprint density at radius 3 is 1.89 bits per heavy atom. The molecule has 3 heteroatoms. The van der Waals surface area contributed by atoms with E-state index in [2.05, 4.69) is 97.5 Å². The molecule has 0 N–H and O–H groups in total. The molecule has 0 radical (unpaired) electrons. The summed E-state index contributed by atoms with van der Waals surface area (Å²) >= 11 is 0. The first-order valence-corrected chi connectivity index (χ1v) is 13.2. The molecular weight excluding hydrogens is 346 g/mol. The number of nitrogens with zero attached hydrogens (tertiary/aromatic N) is 1. The van der Waals surface area contributed by atoms with Crippen LogP contribution in [0.25, 0.3) is 0 Å². The third-order valence-electron chi connectivity index (χ3n) is 7.10. The predicted molar refractivity (Wildman–Crippen MR) is 120 cm³/mol. The highest BCUT2D eigenvalue weighted by atomic mass is 28.3. The lowest BCUT2D eigenvalue weighted by atomic mass is 9.83. The number of likely N-dealkylation sites (tertiary alicyclic amines) is 1. The Labute approximate surface area is 168 Å². The minimum absolute atomic E-state index is 0.251. The molecule has 0 bridgehead atoms. The molecule has 0 spiro atoms. The van der Waals surface area contributed by atoms with E-state index in [-0.39, 0.29) is 11.5 Å². The van der Waals surface area contributed by atoms with Crippen LogP contribution in [0.3, 0.4) is 0 Å².